The number of fused-ring (bicyclic) bond motifs is 1. The molecule has 1 aliphatic heterocycles. The molecule has 0 spiro atoms. The number of benzene rings is 2. The lowest BCUT2D eigenvalue weighted by atomic mass is 10.1. The monoisotopic (exact) mass is 612 g/mol. The number of nitrogens with zero attached hydrogens (tertiary/aromatic N) is 6. The Labute approximate surface area is 251 Å². The Morgan fingerprint density at radius 2 is 1.86 bits per heavy atom. The van der Waals surface area contributed by atoms with Gasteiger partial charge in [-0.3, -0.25) is 4.79 Å². The largest absolute Gasteiger partial charge is 0.492 e. The summed E-state index contributed by atoms with van der Waals surface area (Å²) in [6.07, 6.45) is -1.73. The van der Waals surface area contributed by atoms with Crippen LogP contribution in [-0.4, -0.2) is 77.3 Å². The number of aryl methyl sites for hydroxylation is 1. The van der Waals surface area contributed by atoms with Gasteiger partial charge in [0.15, 0.2) is 5.82 Å². The van der Waals surface area contributed by atoms with Crippen molar-refractivity contribution >= 4 is 40.1 Å². The minimum Gasteiger partial charge on any atom is -0.492 e. The standard InChI is InChI=1S/C30H32F4N8O2/c1-18-4-5-19(28(43)38-22-13-20(30(32,33)34)14-23(15-22)44-11-10-41(2)3)12-24(18)39-27-26-25(36-17-37-27)16-35-29(40-26)42-8-6-21(31)7-9-42/h4-5,12-17,21H,6-11H2,1-3H3,(H,38,43)(H,36,37,39). The fraction of sp³-hybridized carbons (Fsp3) is 0.367. The number of carbonyl (C=O) groups is 1. The molecule has 0 aliphatic carbocycles. The van der Waals surface area contributed by atoms with E-state index in [9.17, 15) is 22.4 Å². The van der Waals surface area contributed by atoms with E-state index in [-0.39, 0.29) is 23.6 Å². The Morgan fingerprint density at radius 1 is 1.09 bits per heavy atom. The van der Waals surface area contributed by atoms with Gasteiger partial charge in [0, 0.05) is 42.6 Å². The second-order valence-corrected chi connectivity index (χ2v) is 10.8. The number of halogens is 4. The summed E-state index contributed by atoms with van der Waals surface area (Å²) < 4.78 is 60.0. The van der Waals surface area contributed by atoms with Crippen LogP contribution in [0.1, 0.15) is 34.3 Å². The number of alkyl halides is 4. The van der Waals surface area contributed by atoms with E-state index in [2.05, 4.69) is 30.6 Å². The molecule has 0 saturated carbocycles. The zero-order valence-corrected chi connectivity index (χ0v) is 24.5. The van der Waals surface area contributed by atoms with Crippen molar-refractivity contribution in [1.29, 1.82) is 0 Å². The van der Waals surface area contributed by atoms with Crippen LogP contribution in [0, 0.1) is 6.92 Å². The van der Waals surface area contributed by atoms with Gasteiger partial charge < -0.3 is 25.2 Å². The third-order valence-electron chi connectivity index (χ3n) is 7.12. The molecule has 2 aromatic heterocycles. The van der Waals surface area contributed by atoms with Crippen LogP contribution in [-0.2, 0) is 6.18 Å². The van der Waals surface area contributed by atoms with Crippen molar-refractivity contribution in [2.45, 2.75) is 32.1 Å². The maximum atomic E-state index is 13.7. The van der Waals surface area contributed by atoms with Crippen LogP contribution in [0.5, 0.6) is 5.75 Å². The van der Waals surface area contributed by atoms with Gasteiger partial charge >= 0.3 is 6.18 Å². The molecule has 14 heteroatoms. The first-order chi connectivity index (χ1) is 21.0. The summed E-state index contributed by atoms with van der Waals surface area (Å²) in [5.41, 5.74) is 1.46. The normalized spacial score (nSPS) is 14.2. The lowest BCUT2D eigenvalue weighted by Crippen LogP contribution is -2.35. The zero-order chi connectivity index (χ0) is 31.4. The fourth-order valence-corrected chi connectivity index (χ4v) is 4.63. The lowest BCUT2D eigenvalue weighted by molar-refractivity contribution is -0.137. The third-order valence-corrected chi connectivity index (χ3v) is 7.12. The van der Waals surface area contributed by atoms with Crippen molar-refractivity contribution in [3.63, 3.8) is 0 Å². The van der Waals surface area contributed by atoms with E-state index in [1.807, 2.05) is 30.8 Å². The molecule has 4 aromatic rings. The van der Waals surface area contributed by atoms with Gasteiger partial charge in [0.25, 0.3) is 5.91 Å². The molecule has 10 nitrogen and oxygen atoms in total. The van der Waals surface area contributed by atoms with Gasteiger partial charge in [-0.25, -0.2) is 24.3 Å². The SMILES string of the molecule is Cc1ccc(C(=O)Nc2cc(OCCN(C)C)cc(C(F)(F)F)c2)cc1Nc1ncnc2cnc(N3CCC(F)CC3)nc12. The molecule has 2 N–H and O–H groups in total. The Morgan fingerprint density at radius 3 is 2.59 bits per heavy atom. The highest BCUT2D eigenvalue weighted by Crippen LogP contribution is 2.35. The highest BCUT2D eigenvalue weighted by atomic mass is 19.4. The van der Waals surface area contributed by atoms with Gasteiger partial charge in [-0.2, -0.15) is 13.2 Å². The lowest BCUT2D eigenvalue weighted by Gasteiger charge is -2.28. The van der Waals surface area contributed by atoms with Crippen LogP contribution in [0.4, 0.5) is 40.7 Å². The molecule has 232 valence electrons. The number of ether oxygens (including phenoxy) is 1. The summed E-state index contributed by atoms with van der Waals surface area (Å²) in [5.74, 6) is 0.199. The summed E-state index contributed by atoms with van der Waals surface area (Å²) in [7, 11) is 3.64. The average molecular weight is 613 g/mol. The minimum absolute atomic E-state index is 0.00528. The molecule has 1 amide bonds. The molecular weight excluding hydrogens is 580 g/mol. The number of nitrogens with one attached hydrogen (secondary N) is 2. The summed E-state index contributed by atoms with van der Waals surface area (Å²) in [5, 5.41) is 5.77. The highest BCUT2D eigenvalue weighted by molar-refractivity contribution is 6.05. The van der Waals surface area contributed by atoms with Gasteiger partial charge in [-0.05, 0) is 63.7 Å². The molecule has 2 aromatic carbocycles. The molecule has 0 bridgehead atoms. The smallest absolute Gasteiger partial charge is 0.416 e. The molecule has 0 radical (unpaired) electrons. The van der Waals surface area contributed by atoms with Crippen LogP contribution < -0.4 is 20.3 Å². The predicted octanol–water partition coefficient (Wildman–Crippen LogP) is 5.62. The number of aromatic nitrogens is 4. The van der Waals surface area contributed by atoms with Crippen LogP contribution in [0.3, 0.4) is 0 Å². The summed E-state index contributed by atoms with van der Waals surface area (Å²) in [4.78, 5) is 34.6. The second kappa shape index (κ2) is 13.0. The van der Waals surface area contributed by atoms with Crippen molar-refractivity contribution in [2.75, 3.05) is 55.9 Å². The first kappa shape index (κ1) is 30.9. The number of piperidine rings is 1. The van der Waals surface area contributed by atoms with Gasteiger partial charge in [0.05, 0.1) is 11.8 Å². The Balaban J connectivity index is 1.38. The average Bonchev–Trinajstić information content (AvgIpc) is 2.98. The Bertz CT molecular complexity index is 1640. The molecule has 3 heterocycles. The van der Waals surface area contributed by atoms with Gasteiger partial charge in [0.2, 0.25) is 5.95 Å². The molecule has 44 heavy (non-hydrogen) atoms. The molecular formula is C30H32F4N8O2. The second-order valence-electron chi connectivity index (χ2n) is 10.8. The number of hydrogen-bond acceptors (Lipinski definition) is 9. The first-order valence-corrected chi connectivity index (χ1v) is 14.0. The minimum atomic E-state index is -4.63. The van der Waals surface area contributed by atoms with Crippen molar-refractivity contribution < 1.29 is 27.1 Å². The van der Waals surface area contributed by atoms with Crippen LogP contribution >= 0.6 is 0 Å². The van der Waals surface area contributed by atoms with E-state index in [1.165, 1.54) is 12.4 Å². The molecule has 1 aliphatic rings. The maximum Gasteiger partial charge on any atom is 0.416 e. The fourth-order valence-electron chi connectivity index (χ4n) is 4.63. The molecule has 0 unspecified atom stereocenters. The molecule has 5 rings (SSSR count). The summed E-state index contributed by atoms with van der Waals surface area (Å²) in [6, 6.07) is 7.99. The maximum absolute atomic E-state index is 13.7. The van der Waals surface area contributed by atoms with E-state index in [0.29, 0.717) is 61.0 Å². The number of rotatable bonds is 9. The van der Waals surface area contributed by atoms with Gasteiger partial charge in [-0.1, -0.05) is 6.07 Å². The molecule has 1 saturated heterocycles. The third kappa shape index (κ3) is 7.48. The number of carbonyl (C=O) groups excluding carboxylic acids is 1. The predicted molar refractivity (Wildman–Crippen MR) is 159 cm³/mol. The highest BCUT2D eigenvalue weighted by Gasteiger charge is 2.32. The number of amides is 1. The van der Waals surface area contributed by atoms with Crippen molar-refractivity contribution in [3.8, 4) is 5.75 Å². The molecule has 1 fully saturated rings. The van der Waals surface area contributed by atoms with Crippen LogP contribution in [0.15, 0.2) is 48.9 Å². The Kier molecular flexibility index (Phi) is 9.09. The van der Waals surface area contributed by atoms with E-state index in [1.54, 1.807) is 24.4 Å². The van der Waals surface area contributed by atoms with Crippen molar-refractivity contribution in [3.05, 3.63) is 65.6 Å². The van der Waals surface area contributed by atoms with E-state index >= 15 is 0 Å². The summed E-state index contributed by atoms with van der Waals surface area (Å²) >= 11 is 0. The van der Waals surface area contributed by atoms with Gasteiger partial charge in [0.1, 0.15) is 35.9 Å². The molecule has 0 atom stereocenters. The first-order valence-electron chi connectivity index (χ1n) is 14.0. The van der Waals surface area contributed by atoms with E-state index < -0.39 is 23.8 Å². The Hall–Kier alpha value is -4.59. The topological polar surface area (TPSA) is 108 Å². The van der Waals surface area contributed by atoms with E-state index in [4.69, 9.17) is 4.74 Å². The van der Waals surface area contributed by atoms with E-state index in [0.717, 1.165) is 17.7 Å². The summed E-state index contributed by atoms with van der Waals surface area (Å²) in [6.45, 7) is 3.50. The number of hydrogen-bond donors (Lipinski definition) is 2. The van der Waals surface area contributed by atoms with Crippen LogP contribution in [0.2, 0.25) is 0 Å². The van der Waals surface area contributed by atoms with Crippen molar-refractivity contribution in [2.24, 2.45) is 0 Å². The quantitative estimate of drug-likeness (QED) is 0.233. The number of anilines is 4. The number of likely N-dealkylation sites (N-methyl/N-ethyl adjacent to an activating group) is 1. The van der Waals surface area contributed by atoms with Crippen molar-refractivity contribution in [1.82, 2.24) is 24.8 Å². The van der Waals surface area contributed by atoms with Crippen LogP contribution in [0.25, 0.3) is 11.0 Å². The van der Waals surface area contributed by atoms with Gasteiger partial charge in [-0.15, -0.1) is 0 Å². The zero-order valence-electron chi connectivity index (χ0n) is 24.5.